The number of hydrogen-bond donors (Lipinski definition) is 1. The number of methoxy groups -OCH3 is 1. The molecule has 134 valence electrons. The van der Waals surface area contributed by atoms with E-state index in [0.717, 1.165) is 29.0 Å². The first-order valence-corrected chi connectivity index (χ1v) is 8.49. The quantitative estimate of drug-likeness (QED) is 0.805. The van der Waals surface area contributed by atoms with Gasteiger partial charge in [0.25, 0.3) is 0 Å². The highest BCUT2D eigenvalue weighted by Crippen LogP contribution is 2.38. The summed E-state index contributed by atoms with van der Waals surface area (Å²) in [5.74, 6) is 2.46. The molecule has 2 atom stereocenters. The minimum Gasteiger partial charge on any atom is -0.504 e. The van der Waals surface area contributed by atoms with Crippen LogP contribution in [0.25, 0.3) is 0 Å². The number of ether oxygens (including phenoxy) is 4. The number of fused-ring (bicyclic) bond motifs is 1. The van der Waals surface area contributed by atoms with E-state index < -0.39 is 0 Å². The molecular weight excluding hydrogens is 320 g/mol. The Hall–Kier alpha value is -2.40. The SMILES string of the molecule is CCC(C)C(OCc1ccc(O)c(OC)c1)c1ccc2c(c1)OCO2. The summed E-state index contributed by atoms with van der Waals surface area (Å²) in [4.78, 5) is 0. The summed E-state index contributed by atoms with van der Waals surface area (Å²) in [5, 5.41) is 9.71. The Balaban J connectivity index is 1.77. The fourth-order valence-electron chi connectivity index (χ4n) is 2.89. The molecule has 2 unspecified atom stereocenters. The van der Waals surface area contributed by atoms with Crippen molar-refractivity contribution in [1.82, 2.24) is 0 Å². The van der Waals surface area contributed by atoms with Gasteiger partial charge in [-0.25, -0.2) is 0 Å². The first-order valence-electron chi connectivity index (χ1n) is 8.49. The highest BCUT2D eigenvalue weighted by atomic mass is 16.7. The predicted molar refractivity (Wildman–Crippen MR) is 94.2 cm³/mol. The summed E-state index contributed by atoms with van der Waals surface area (Å²) in [7, 11) is 1.54. The van der Waals surface area contributed by atoms with E-state index in [1.165, 1.54) is 7.11 Å². The minimum absolute atomic E-state index is 0.0562. The maximum absolute atomic E-state index is 9.71. The molecule has 5 heteroatoms. The van der Waals surface area contributed by atoms with Gasteiger partial charge in [-0.3, -0.25) is 0 Å². The van der Waals surface area contributed by atoms with E-state index in [1.54, 1.807) is 12.1 Å². The third-order valence-corrected chi connectivity index (χ3v) is 4.56. The molecule has 0 aliphatic carbocycles. The Bertz CT molecular complexity index is 728. The van der Waals surface area contributed by atoms with Crippen molar-refractivity contribution in [1.29, 1.82) is 0 Å². The van der Waals surface area contributed by atoms with Crippen molar-refractivity contribution in [3.8, 4) is 23.0 Å². The lowest BCUT2D eigenvalue weighted by Gasteiger charge is -2.24. The van der Waals surface area contributed by atoms with Crippen LogP contribution in [0.5, 0.6) is 23.0 Å². The van der Waals surface area contributed by atoms with E-state index in [9.17, 15) is 5.11 Å². The Labute approximate surface area is 148 Å². The van der Waals surface area contributed by atoms with Crippen molar-refractivity contribution in [2.75, 3.05) is 13.9 Å². The number of rotatable bonds is 7. The Kier molecular flexibility index (Phi) is 5.34. The average Bonchev–Trinajstić information content (AvgIpc) is 3.10. The van der Waals surface area contributed by atoms with Crippen LogP contribution in [0.3, 0.4) is 0 Å². The zero-order valence-electron chi connectivity index (χ0n) is 14.8. The van der Waals surface area contributed by atoms with Crippen LogP contribution in [0, 0.1) is 5.92 Å². The summed E-state index contributed by atoms with van der Waals surface area (Å²) in [6, 6.07) is 11.2. The van der Waals surface area contributed by atoms with Gasteiger partial charge in [-0.15, -0.1) is 0 Å². The third kappa shape index (κ3) is 3.82. The Morgan fingerprint density at radius 2 is 1.92 bits per heavy atom. The van der Waals surface area contributed by atoms with Crippen LogP contribution < -0.4 is 14.2 Å². The molecule has 1 aliphatic heterocycles. The summed E-state index contributed by atoms with van der Waals surface area (Å²) >= 11 is 0. The number of hydrogen-bond acceptors (Lipinski definition) is 5. The largest absolute Gasteiger partial charge is 0.504 e. The van der Waals surface area contributed by atoms with E-state index in [-0.39, 0.29) is 18.6 Å². The second-order valence-electron chi connectivity index (χ2n) is 6.24. The van der Waals surface area contributed by atoms with E-state index in [0.29, 0.717) is 18.3 Å². The van der Waals surface area contributed by atoms with Gasteiger partial charge in [0.05, 0.1) is 19.8 Å². The summed E-state index contributed by atoms with van der Waals surface area (Å²) in [6.45, 7) is 5.02. The van der Waals surface area contributed by atoms with Crippen molar-refractivity contribution in [2.24, 2.45) is 5.92 Å². The van der Waals surface area contributed by atoms with Gasteiger partial charge in [0.2, 0.25) is 6.79 Å². The molecular formula is C20H24O5. The summed E-state index contributed by atoms with van der Waals surface area (Å²) in [6.07, 6.45) is 0.942. The van der Waals surface area contributed by atoms with E-state index in [1.807, 2.05) is 24.3 Å². The standard InChI is InChI=1S/C20H24O5/c1-4-13(2)20(15-6-8-17-19(10-15)25-12-24-17)23-11-14-5-7-16(21)18(9-14)22-3/h5-10,13,20-21H,4,11-12H2,1-3H3. The normalized spacial score (nSPS) is 15.0. The van der Waals surface area contributed by atoms with Gasteiger partial charge in [-0.1, -0.05) is 32.4 Å². The fourth-order valence-corrected chi connectivity index (χ4v) is 2.89. The second-order valence-corrected chi connectivity index (χ2v) is 6.24. The molecule has 2 aromatic rings. The van der Waals surface area contributed by atoms with Crippen LogP contribution in [0.1, 0.15) is 37.5 Å². The van der Waals surface area contributed by atoms with Crippen molar-refractivity contribution < 1.29 is 24.1 Å². The average molecular weight is 344 g/mol. The van der Waals surface area contributed by atoms with Crippen LogP contribution in [0.15, 0.2) is 36.4 Å². The molecule has 0 spiro atoms. The number of benzene rings is 2. The van der Waals surface area contributed by atoms with E-state index in [4.69, 9.17) is 18.9 Å². The summed E-state index contributed by atoms with van der Waals surface area (Å²) in [5.41, 5.74) is 2.02. The molecule has 0 radical (unpaired) electrons. The number of phenolic OH excluding ortho intramolecular Hbond substituents is 1. The molecule has 2 aromatic carbocycles. The number of aromatic hydroxyl groups is 1. The first-order chi connectivity index (χ1) is 12.1. The van der Waals surface area contributed by atoms with Gasteiger partial charge in [-0.05, 0) is 41.3 Å². The third-order valence-electron chi connectivity index (χ3n) is 4.56. The van der Waals surface area contributed by atoms with Crippen molar-refractivity contribution >= 4 is 0 Å². The molecule has 25 heavy (non-hydrogen) atoms. The maximum atomic E-state index is 9.71. The lowest BCUT2D eigenvalue weighted by Crippen LogP contribution is -2.13. The van der Waals surface area contributed by atoms with E-state index >= 15 is 0 Å². The molecule has 0 amide bonds. The molecule has 1 heterocycles. The van der Waals surface area contributed by atoms with Gasteiger partial charge in [-0.2, -0.15) is 0 Å². The van der Waals surface area contributed by atoms with Crippen molar-refractivity contribution in [2.45, 2.75) is 33.0 Å². The highest BCUT2D eigenvalue weighted by molar-refractivity contribution is 5.45. The number of phenols is 1. The van der Waals surface area contributed by atoms with Gasteiger partial charge >= 0.3 is 0 Å². The zero-order valence-corrected chi connectivity index (χ0v) is 14.8. The van der Waals surface area contributed by atoms with Crippen LogP contribution >= 0.6 is 0 Å². The van der Waals surface area contributed by atoms with Gasteiger partial charge in [0, 0.05) is 0 Å². The van der Waals surface area contributed by atoms with Gasteiger partial charge < -0.3 is 24.1 Å². The molecule has 0 bridgehead atoms. The fraction of sp³-hybridized carbons (Fsp3) is 0.400. The molecule has 0 saturated heterocycles. The maximum Gasteiger partial charge on any atom is 0.231 e. The molecule has 1 N–H and O–H groups in total. The minimum atomic E-state index is -0.0562. The van der Waals surface area contributed by atoms with Crippen molar-refractivity contribution in [3.05, 3.63) is 47.5 Å². The molecule has 1 aliphatic rings. The first kappa shape index (κ1) is 17.4. The molecule has 5 nitrogen and oxygen atoms in total. The smallest absolute Gasteiger partial charge is 0.231 e. The van der Waals surface area contributed by atoms with Gasteiger partial charge in [0.15, 0.2) is 23.0 Å². The Morgan fingerprint density at radius 3 is 2.68 bits per heavy atom. The van der Waals surface area contributed by atoms with Gasteiger partial charge in [0.1, 0.15) is 0 Å². The highest BCUT2D eigenvalue weighted by Gasteiger charge is 2.22. The molecule has 3 rings (SSSR count). The Morgan fingerprint density at radius 1 is 1.12 bits per heavy atom. The van der Waals surface area contributed by atoms with Crippen molar-refractivity contribution in [3.63, 3.8) is 0 Å². The van der Waals surface area contributed by atoms with E-state index in [2.05, 4.69) is 13.8 Å². The molecule has 0 saturated carbocycles. The van der Waals surface area contributed by atoms with Crippen LogP contribution in [0.2, 0.25) is 0 Å². The topological polar surface area (TPSA) is 57.2 Å². The molecule has 0 aromatic heterocycles. The van der Waals surface area contributed by atoms with Crippen LogP contribution in [0.4, 0.5) is 0 Å². The summed E-state index contributed by atoms with van der Waals surface area (Å²) < 4.78 is 22.3. The second kappa shape index (κ2) is 7.66. The molecule has 0 fully saturated rings. The predicted octanol–water partition coefficient (Wildman–Crippen LogP) is 4.43. The zero-order chi connectivity index (χ0) is 17.8. The van der Waals surface area contributed by atoms with Crippen LogP contribution in [-0.2, 0) is 11.3 Å². The lowest BCUT2D eigenvalue weighted by molar-refractivity contribution is 0.00271. The monoisotopic (exact) mass is 344 g/mol. The lowest BCUT2D eigenvalue weighted by atomic mass is 9.94. The van der Waals surface area contributed by atoms with Crippen LogP contribution in [-0.4, -0.2) is 19.0 Å².